The Hall–Kier alpha value is -2.97. The Morgan fingerprint density at radius 3 is 2.20 bits per heavy atom. The van der Waals surface area contributed by atoms with Crippen LogP contribution in [0.15, 0.2) is 91.6 Å². The molecular weight excluding hydrogens is 471 g/mol. The van der Waals surface area contributed by atoms with E-state index in [1.807, 2.05) is 6.92 Å². The highest BCUT2D eigenvalue weighted by Crippen LogP contribution is 2.34. The highest BCUT2D eigenvalue weighted by atomic mass is 79.9. The van der Waals surface area contributed by atoms with Crippen molar-refractivity contribution in [2.24, 2.45) is 0 Å². The van der Waals surface area contributed by atoms with E-state index < -0.39 is 15.7 Å². The average molecular weight is 487 g/mol. The van der Waals surface area contributed by atoms with Gasteiger partial charge in [0.1, 0.15) is 5.82 Å². The van der Waals surface area contributed by atoms with E-state index in [4.69, 9.17) is 4.42 Å². The highest BCUT2D eigenvalue weighted by molar-refractivity contribution is 9.10. The quantitative estimate of drug-likeness (QED) is 0.367. The normalized spacial score (nSPS) is 11.4. The fourth-order valence-electron chi connectivity index (χ4n) is 2.78. The predicted octanol–water partition coefficient (Wildman–Crippen LogP) is 6.13. The Balaban J connectivity index is 1.83. The number of nitrogens with zero attached hydrogens (tertiary/aromatic N) is 1. The van der Waals surface area contributed by atoms with E-state index in [1.165, 1.54) is 36.4 Å². The summed E-state index contributed by atoms with van der Waals surface area (Å²) < 4.78 is 46.5. The van der Waals surface area contributed by atoms with Gasteiger partial charge in [-0.3, -0.25) is 0 Å². The summed E-state index contributed by atoms with van der Waals surface area (Å²) in [5.41, 5.74) is 2.02. The molecule has 8 heteroatoms. The Bertz CT molecular complexity index is 1280. The maximum atomic E-state index is 13.3. The molecule has 30 heavy (non-hydrogen) atoms. The van der Waals surface area contributed by atoms with Gasteiger partial charge in [0.05, 0.1) is 4.90 Å². The summed E-state index contributed by atoms with van der Waals surface area (Å²) in [5, 5.41) is 2.66. The van der Waals surface area contributed by atoms with Gasteiger partial charge in [0.15, 0.2) is 0 Å². The van der Waals surface area contributed by atoms with Crippen LogP contribution in [0, 0.1) is 12.7 Å². The van der Waals surface area contributed by atoms with Crippen molar-refractivity contribution in [3.63, 3.8) is 0 Å². The van der Waals surface area contributed by atoms with Crippen molar-refractivity contribution in [1.29, 1.82) is 0 Å². The average Bonchev–Trinajstić information content (AvgIpc) is 3.15. The Labute approximate surface area is 181 Å². The number of oxazole rings is 1. The second-order valence-electron chi connectivity index (χ2n) is 6.61. The third-order valence-electron chi connectivity index (χ3n) is 4.38. The van der Waals surface area contributed by atoms with Crippen LogP contribution in [0.3, 0.4) is 0 Å². The van der Waals surface area contributed by atoms with Crippen molar-refractivity contribution < 1.29 is 17.2 Å². The van der Waals surface area contributed by atoms with Gasteiger partial charge in [0, 0.05) is 15.7 Å². The van der Waals surface area contributed by atoms with Crippen LogP contribution in [-0.2, 0) is 9.84 Å². The van der Waals surface area contributed by atoms with E-state index in [0.717, 1.165) is 10.0 Å². The molecule has 0 aliphatic carbocycles. The van der Waals surface area contributed by atoms with Gasteiger partial charge >= 0.3 is 0 Å². The van der Waals surface area contributed by atoms with E-state index in [-0.39, 0.29) is 21.7 Å². The lowest BCUT2D eigenvalue weighted by Crippen LogP contribution is -2.05. The summed E-state index contributed by atoms with van der Waals surface area (Å²) in [7, 11) is -3.96. The maximum absolute atomic E-state index is 13.3. The minimum atomic E-state index is -3.96. The van der Waals surface area contributed by atoms with Crippen molar-refractivity contribution in [2.45, 2.75) is 16.8 Å². The van der Waals surface area contributed by atoms with Gasteiger partial charge in [-0.05, 0) is 67.6 Å². The number of anilines is 2. The SMILES string of the molecule is Cc1ccc(S(=O)(=O)c2nc(-c3ccc(Br)cc3)oc2Nc2ccc(F)cc2)cc1. The van der Waals surface area contributed by atoms with Crippen LogP contribution in [0.2, 0.25) is 0 Å². The summed E-state index contributed by atoms with van der Waals surface area (Å²) in [4.78, 5) is 4.39. The van der Waals surface area contributed by atoms with Crippen LogP contribution < -0.4 is 5.32 Å². The second-order valence-corrected chi connectivity index (χ2v) is 9.39. The minimum absolute atomic E-state index is 0.0416. The third-order valence-corrected chi connectivity index (χ3v) is 6.58. The molecule has 0 aliphatic rings. The molecule has 0 fully saturated rings. The van der Waals surface area contributed by atoms with Gasteiger partial charge in [0.2, 0.25) is 26.6 Å². The van der Waals surface area contributed by atoms with Gasteiger partial charge in [-0.2, -0.15) is 4.98 Å². The highest BCUT2D eigenvalue weighted by Gasteiger charge is 2.28. The minimum Gasteiger partial charge on any atom is -0.419 e. The summed E-state index contributed by atoms with van der Waals surface area (Å²) in [6, 6.07) is 19.1. The van der Waals surface area contributed by atoms with Crippen LogP contribution in [-0.4, -0.2) is 13.4 Å². The van der Waals surface area contributed by atoms with Gasteiger partial charge in [-0.15, -0.1) is 0 Å². The lowest BCUT2D eigenvalue weighted by molar-refractivity contribution is 0.581. The van der Waals surface area contributed by atoms with E-state index in [2.05, 4.69) is 26.2 Å². The molecule has 0 bridgehead atoms. The number of halogens is 2. The maximum Gasteiger partial charge on any atom is 0.238 e. The molecule has 0 saturated heterocycles. The summed E-state index contributed by atoms with van der Waals surface area (Å²) in [5.74, 6) is -0.293. The third kappa shape index (κ3) is 4.15. The van der Waals surface area contributed by atoms with Crippen LogP contribution in [0.25, 0.3) is 11.5 Å². The number of rotatable bonds is 5. The zero-order valence-electron chi connectivity index (χ0n) is 15.8. The standard InChI is InChI=1S/C22H16BrFN2O3S/c1-14-2-12-19(13-3-14)30(27,28)22-21(25-18-10-8-17(24)9-11-18)29-20(26-22)15-4-6-16(23)7-5-15/h2-13,25H,1H3. The number of sulfone groups is 1. The van der Waals surface area contributed by atoms with Crippen molar-refractivity contribution in [2.75, 3.05) is 5.32 Å². The summed E-state index contributed by atoms with van der Waals surface area (Å²) >= 11 is 3.37. The van der Waals surface area contributed by atoms with Crippen molar-refractivity contribution in [1.82, 2.24) is 4.98 Å². The molecule has 0 aliphatic heterocycles. The topological polar surface area (TPSA) is 72.2 Å². The fraction of sp³-hybridized carbons (Fsp3) is 0.0455. The summed E-state index contributed by atoms with van der Waals surface area (Å²) in [6.45, 7) is 1.87. The molecular formula is C22H16BrFN2O3S. The number of hydrogen-bond donors (Lipinski definition) is 1. The number of hydrogen-bond acceptors (Lipinski definition) is 5. The molecule has 0 saturated carbocycles. The number of nitrogens with one attached hydrogen (secondary N) is 1. The van der Waals surface area contributed by atoms with Gasteiger partial charge < -0.3 is 9.73 Å². The Kier molecular flexibility index (Phi) is 5.44. The number of benzene rings is 3. The predicted molar refractivity (Wildman–Crippen MR) is 116 cm³/mol. The van der Waals surface area contributed by atoms with Crippen LogP contribution >= 0.6 is 15.9 Å². The molecule has 1 N–H and O–H groups in total. The van der Waals surface area contributed by atoms with Crippen LogP contribution in [0.5, 0.6) is 0 Å². The van der Waals surface area contributed by atoms with E-state index in [0.29, 0.717) is 11.3 Å². The first-order valence-corrected chi connectivity index (χ1v) is 11.2. The fourth-order valence-corrected chi connectivity index (χ4v) is 4.30. The molecule has 3 aromatic carbocycles. The first-order chi connectivity index (χ1) is 14.3. The van der Waals surface area contributed by atoms with E-state index in [9.17, 15) is 12.8 Å². The van der Waals surface area contributed by atoms with Crippen LogP contribution in [0.1, 0.15) is 5.56 Å². The van der Waals surface area contributed by atoms with Gasteiger partial charge in [0.25, 0.3) is 0 Å². The molecule has 0 spiro atoms. The molecule has 0 amide bonds. The lowest BCUT2D eigenvalue weighted by atomic mass is 10.2. The molecule has 5 nitrogen and oxygen atoms in total. The first-order valence-electron chi connectivity index (χ1n) is 8.94. The van der Waals surface area contributed by atoms with E-state index in [1.54, 1.807) is 36.4 Å². The van der Waals surface area contributed by atoms with Gasteiger partial charge in [-0.25, -0.2) is 12.8 Å². The first kappa shape index (κ1) is 20.3. The monoisotopic (exact) mass is 486 g/mol. The van der Waals surface area contributed by atoms with Gasteiger partial charge in [-0.1, -0.05) is 33.6 Å². The molecule has 4 aromatic rings. The second kappa shape index (κ2) is 8.04. The van der Waals surface area contributed by atoms with Crippen molar-refractivity contribution in [3.05, 3.63) is 88.6 Å². The molecule has 0 atom stereocenters. The van der Waals surface area contributed by atoms with Crippen LogP contribution in [0.4, 0.5) is 16.0 Å². The zero-order chi connectivity index (χ0) is 21.3. The van der Waals surface area contributed by atoms with Crippen molar-refractivity contribution >= 4 is 37.3 Å². The molecule has 4 rings (SSSR count). The molecule has 0 radical (unpaired) electrons. The molecule has 0 unspecified atom stereocenters. The molecule has 1 aromatic heterocycles. The smallest absolute Gasteiger partial charge is 0.238 e. The molecule has 152 valence electrons. The Morgan fingerprint density at radius 1 is 0.933 bits per heavy atom. The number of aromatic nitrogens is 1. The van der Waals surface area contributed by atoms with Crippen molar-refractivity contribution in [3.8, 4) is 11.5 Å². The lowest BCUT2D eigenvalue weighted by Gasteiger charge is -2.06. The molecule has 1 heterocycles. The largest absolute Gasteiger partial charge is 0.419 e. The Morgan fingerprint density at radius 2 is 1.57 bits per heavy atom. The zero-order valence-corrected chi connectivity index (χ0v) is 18.2. The van der Waals surface area contributed by atoms with E-state index >= 15 is 0 Å². The summed E-state index contributed by atoms with van der Waals surface area (Å²) in [6.07, 6.45) is 0. The number of aryl methyl sites for hydroxylation is 1.